The summed E-state index contributed by atoms with van der Waals surface area (Å²) >= 11 is 0. The second-order valence-electron chi connectivity index (χ2n) is 10.4. The summed E-state index contributed by atoms with van der Waals surface area (Å²) in [6.45, 7) is 7.46. The Morgan fingerprint density at radius 1 is 1.06 bits per heavy atom. The van der Waals surface area contributed by atoms with E-state index in [1.54, 1.807) is 0 Å². The SMILES string of the molecule is Cc1nn(C)c(N2CCOCC2)c1CNCC1CCC(Nc2nc(N(C)C)c3ccccc3n2)CC1. The monoisotopic (exact) mass is 492 g/mol. The van der Waals surface area contributed by atoms with Gasteiger partial charge in [-0.15, -0.1) is 0 Å². The van der Waals surface area contributed by atoms with Crippen molar-refractivity contribution >= 4 is 28.5 Å². The zero-order valence-electron chi connectivity index (χ0n) is 22.1. The highest BCUT2D eigenvalue weighted by Gasteiger charge is 2.24. The predicted octanol–water partition coefficient (Wildman–Crippen LogP) is 3.33. The van der Waals surface area contributed by atoms with E-state index in [1.165, 1.54) is 24.2 Å². The molecular weight excluding hydrogens is 452 g/mol. The number of aryl methyl sites for hydroxylation is 2. The van der Waals surface area contributed by atoms with Gasteiger partial charge in [0.05, 0.1) is 24.4 Å². The molecule has 1 aliphatic carbocycles. The molecule has 0 bridgehead atoms. The van der Waals surface area contributed by atoms with Crippen molar-refractivity contribution < 1.29 is 4.74 Å². The van der Waals surface area contributed by atoms with Crippen LogP contribution >= 0.6 is 0 Å². The highest BCUT2D eigenvalue weighted by Crippen LogP contribution is 2.29. The second-order valence-corrected chi connectivity index (χ2v) is 10.4. The number of nitrogens with one attached hydrogen (secondary N) is 2. The number of ether oxygens (including phenoxy) is 1. The molecule has 0 atom stereocenters. The van der Waals surface area contributed by atoms with Crippen LogP contribution in [-0.4, -0.2) is 72.7 Å². The summed E-state index contributed by atoms with van der Waals surface area (Å²) in [4.78, 5) is 14.1. The number of para-hydroxylation sites is 1. The molecule has 9 heteroatoms. The van der Waals surface area contributed by atoms with Crippen molar-refractivity contribution in [3.05, 3.63) is 35.5 Å². The third-order valence-corrected chi connectivity index (χ3v) is 7.55. The molecule has 2 aromatic heterocycles. The van der Waals surface area contributed by atoms with Crippen LogP contribution in [0.2, 0.25) is 0 Å². The van der Waals surface area contributed by atoms with Crippen molar-refractivity contribution in [2.75, 3.05) is 62.1 Å². The van der Waals surface area contributed by atoms with Crippen LogP contribution in [0.4, 0.5) is 17.6 Å². The molecule has 194 valence electrons. The molecule has 0 radical (unpaired) electrons. The van der Waals surface area contributed by atoms with Gasteiger partial charge >= 0.3 is 0 Å². The zero-order chi connectivity index (χ0) is 25.1. The fraction of sp³-hybridized carbons (Fsp3) is 0.593. The van der Waals surface area contributed by atoms with Crippen LogP contribution in [0.5, 0.6) is 0 Å². The molecule has 3 aromatic rings. The predicted molar refractivity (Wildman–Crippen MR) is 146 cm³/mol. The van der Waals surface area contributed by atoms with E-state index in [-0.39, 0.29) is 0 Å². The highest BCUT2D eigenvalue weighted by atomic mass is 16.5. The third-order valence-electron chi connectivity index (χ3n) is 7.55. The van der Waals surface area contributed by atoms with Gasteiger partial charge in [-0.05, 0) is 57.2 Å². The lowest BCUT2D eigenvalue weighted by molar-refractivity contribution is 0.122. The summed E-state index contributed by atoms with van der Waals surface area (Å²) in [7, 11) is 6.12. The number of rotatable bonds is 8. The molecule has 0 amide bonds. The number of anilines is 3. The number of morpholine rings is 1. The number of benzene rings is 1. The van der Waals surface area contributed by atoms with Gasteiger partial charge in [0.15, 0.2) is 0 Å². The van der Waals surface area contributed by atoms with Gasteiger partial charge in [0.1, 0.15) is 11.6 Å². The minimum atomic E-state index is 0.422. The molecule has 1 aromatic carbocycles. The molecule has 2 N–H and O–H groups in total. The van der Waals surface area contributed by atoms with E-state index >= 15 is 0 Å². The molecule has 9 nitrogen and oxygen atoms in total. The van der Waals surface area contributed by atoms with Crippen LogP contribution in [0.1, 0.15) is 36.9 Å². The Hall–Kier alpha value is -2.91. The van der Waals surface area contributed by atoms with Crippen LogP contribution in [0.25, 0.3) is 10.9 Å². The molecular formula is C27H40N8O. The Morgan fingerprint density at radius 2 is 1.81 bits per heavy atom. The summed E-state index contributed by atoms with van der Waals surface area (Å²) < 4.78 is 7.58. The largest absolute Gasteiger partial charge is 0.378 e. The fourth-order valence-electron chi connectivity index (χ4n) is 5.63. The lowest BCUT2D eigenvalue weighted by Crippen LogP contribution is -2.38. The lowest BCUT2D eigenvalue weighted by atomic mass is 9.86. The maximum Gasteiger partial charge on any atom is 0.225 e. The van der Waals surface area contributed by atoms with Gasteiger partial charge < -0.3 is 25.2 Å². The Morgan fingerprint density at radius 3 is 2.56 bits per heavy atom. The molecule has 1 saturated carbocycles. The Bertz CT molecular complexity index is 1160. The lowest BCUT2D eigenvalue weighted by Gasteiger charge is -2.30. The van der Waals surface area contributed by atoms with E-state index in [0.717, 1.165) is 80.6 Å². The van der Waals surface area contributed by atoms with E-state index in [9.17, 15) is 0 Å². The summed E-state index contributed by atoms with van der Waals surface area (Å²) in [5.74, 6) is 3.63. The Labute approximate surface area is 214 Å². The van der Waals surface area contributed by atoms with Crippen LogP contribution in [0.3, 0.4) is 0 Å². The van der Waals surface area contributed by atoms with Crippen molar-refractivity contribution in [2.24, 2.45) is 13.0 Å². The van der Waals surface area contributed by atoms with Crippen molar-refractivity contribution in [3.63, 3.8) is 0 Å². The zero-order valence-corrected chi connectivity index (χ0v) is 22.1. The van der Waals surface area contributed by atoms with Gasteiger partial charge in [-0.25, -0.2) is 4.98 Å². The summed E-state index contributed by atoms with van der Waals surface area (Å²) in [5.41, 5.74) is 3.42. The highest BCUT2D eigenvalue weighted by molar-refractivity contribution is 5.90. The second kappa shape index (κ2) is 11.0. The van der Waals surface area contributed by atoms with Crippen molar-refractivity contribution in [3.8, 4) is 0 Å². The molecule has 2 fully saturated rings. The van der Waals surface area contributed by atoms with Gasteiger partial charge in [0.2, 0.25) is 5.95 Å². The van der Waals surface area contributed by atoms with Gasteiger partial charge in [-0.1, -0.05) is 12.1 Å². The molecule has 0 spiro atoms. The smallest absolute Gasteiger partial charge is 0.225 e. The number of fused-ring (bicyclic) bond motifs is 1. The average molecular weight is 493 g/mol. The number of nitrogens with zero attached hydrogens (tertiary/aromatic N) is 6. The van der Waals surface area contributed by atoms with E-state index in [4.69, 9.17) is 19.8 Å². The first-order valence-electron chi connectivity index (χ1n) is 13.3. The van der Waals surface area contributed by atoms with Crippen molar-refractivity contribution in [2.45, 2.75) is 45.2 Å². The van der Waals surface area contributed by atoms with Crippen LogP contribution in [-0.2, 0) is 18.3 Å². The summed E-state index contributed by atoms with van der Waals surface area (Å²) in [5, 5.41) is 13.2. The molecule has 2 aliphatic rings. The number of hydrogen-bond acceptors (Lipinski definition) is 8. The number of hydrogen-bond donors (Lipinski definition) is 2. The van der Waals surface area contributed by atoms with Gasteiger partial charge in [0.25, 0.3) is 0 Å². The first-order valence-corrected chi connectivity index (χ1v) is 13.3. The van der Waals surface area contributed by atoms with Gasteiger partial charge in [0, 0.05) is 57.8 Å². The molecule has 36 heavy (non-hydrogen) atoms. The van der Waals surface area contributed by atoms with Gasteiger partial charge in [-0.3, -0.25) is 4.68 Å². The van der Waals surface area contributed by atoms with Crippen LogP contribution < -0.4 is 20.4 Å². The van der Waals surface area contributed by atoms with E-state index in [2.05, 4.69) is 46.5 Å². The van der Waals surface area contributed by atoms with Crippen molar-refractivity contribution in [1.82, 2.24) is 25.1 Å². The minimum absolute atomic E-state index is 0.422. The summed E-state index contributed by atoms with van der Waals surface area (Å²) in [6, 6.07) is 8.65. The molecule has 0 unspecified atom stereocenters. The Balaban J connectivity index is 1.14. The normalized spacial score (nSPS) is 20.6. The summed E-state index contributed by atoms with van der Waals surface area (Å²) in [6.07, 6.45) is 4.71. The minimum Gasteiger partial charge on any atom is -0.378 e. The Kier molecular flexibility index (Phi) is 7.57. The number of aromatic nitrogens is 4. The average Bonchev–Trinajstić information content (AvgIpc) is 3.17. The first kappa shape index (κ1) is 24.8. The fourth-order valence-corrected chi connectivity index (χ4v) is 5.63. The van der Waals surface area contributed by atoms with Crippen molar-refractivity contribution in [1.29, 1.82) is 0 Å². The third kappa shape index (κ3) is 5.42. The van der Waals surface area contributed by atoms with E-state index in [0.29, 0.717) is 12.0 Å². The maximum atomic E-state index is 5.55. The van der Waals surface area contributed by atoms with Crippen LogP contribution in [0, 0.1) is 12.8 Å². The standard InChI is InChI=1S/C27H40N8O/c1-19-23(26(34(4)32-19)35-13-15-36-16-14-35)18-28-17-20-9-11-21(12-10-20)29-27-30-24-8-6-5-7-22(24)25(31-27)33(2)3/h5-8,20-21,28H,9-18H2,1-4H3,(H,29,30,31). The molecule has 1 aliphatic heterocycles. The molecule has 1 saturated heterocycles. The van der Waals surface area contributed by atoms with Gasteiger partial charge in [-0.2, -0.15) is 10.1 Å². The quantitative estimate of drug-likeness (QED) is 0.496. The molecule has 3 heterocycles. The topological polar surface area (TPSA) is 83.4 Å². The van der Waals surface area contributed by atoms with Crippen LogP contribution in [0.15, 0.2) is 24.3 Å². The molecule has 5 rings (SSSR count). The van der Waals surface area contributed by atoms with E-state index in [1.807, 2.05) is 30.9 Å². The maximum absolute atomic E-state index is 5.55. The first-order chi connectivity index (χ1) is 17.5. The van der Waals surface area contributed by atoms with E-state index < -0.39 is 0 Å².